The van der Waals surface area contributed by atoms with Gasteiger partial charge in [0, 0.05) is 15.5 Å². The number of rotatable bonds is 4. The van der Waals surface area contributed by atoms with Crippen molar-refractivity contribution in [2.75, 3.05) is 6.61 Å². The molecule has 6 heteroatoms. The number of aliphatic carboxylic acids is 1. The Hall–Kier alpha value is -2.13. The largest absolute Gasteiger partial charge is 0.481 e. The number of hydrogen-bond donors (Lipinski definition) is 2. The van der Waals surface area contributed by atoms with E-state index in [0.717, 1.165) is 28.0 Å². The lowest BCUT2D eigenvalue weighted by atomic mass is 10.1. The number of ether oxygens (including phenoxy) is 1. The zero-order valence-corrected chi connectivity index (χ0v) is 13.9. The molecule has 0 unspecified atom stereocenters. The van der Waals surface area contributed by atoms with Gasteiger partial charge >= 0.3 is 5.97 Å². The lowest BCUT2D eigenvalue weighted by molar-refractivity contribution is -0.139. The Balaban J connectivity index is 2.36. The third kappa shape index (κ3) is 4.93. The van der Waals surface area contributed by atoms with Gasteiger partial charge in [-0.3, -0.25) is 5.14 Å². The number of carboxylic acids is 1. The van der Waals surface area contributed by atoms with Crippen molar-refractivity contribution >= 4 is 29.5 Å². The SMILES string of the molecule is Cc1ccc(SN)cc1C#Cc1cc(Cl)ccc1OCC(=O)O. The van der Waals surface area contributed by atoms with E-state index in [-0.39, 0.29) is 0 Å². The number of benzene rings is 2. The summed E-state index contributed by atoms with van der Waals surface area (Å²) >= 11 is 7.13. The van der Waals surface area contributed by atoms with Gasteiger partial charge in [0.25, 0.3) is 0 Å². The van der Waals surface area contributed by atoms with E-state index in [1.165, 1.54) is 0 Å². The quantitative estimate of drug-likeness (QED) is 0.654. The van der Waals surface area contributed by atoms with E-state index < -0.39 is 12.6 Å². The Labute approximate surface area is 143 Å². The topological polar surface area (TPSA) is 72.5 Å². The summed E-state index contributed by atoms with van der Waals surface area (Å²) in [6, 6.07) is 10.6. The van der Waals surface area contributed by atoms with Gasteiger partial charge in [-0.05, 0) is 54.8 Å². The number of aryl methyl sites for hydroxylation is 1. The Morgan fingerprint density at radius 3 is 2.70 bits per heavy atom. The molecule has 2 aromatic carbocycles. The monoisotopic (exact) mass is 347 g/mol. The third-order valence-corrected chi connectivity index (χ3v) is 3.73. The van der Waals surface area contributed by atoms with E-state index in [0.29, 0.717) is 16.3 Å². The molecular formula is C17H14ClNO3S. The molecule has 3 N–H and O–H groups in total. The van der Waals surface area contributed by atoms with Crippen LogP contribution in [0.2, 0.25) is 5.02 Å². The normalized spacial score (nSPS) is 9.87. The molecule has 0 saturated heterocycles. The van der Waals surface area contributed by atoms with Crippen LogP contribution in [-0.2, 0) is 4.79 Å². The zero-order valence-electron chi connectivity index (χ0n) is 12.3. The predicted molar refractivity (Wildman–Crippen MR) is 91.8 cm³/mol. The van der Waals surface area contributed by atoms with Crippen LogP contribution in [0.1, 0.15) is 16.7 Å². The Morgan fingerprint density at radius 2 is 2.00 bits per heavy atom. The van der Waals surface area contributed by atoms with Gasteiger partial charge in [0.1, 0.15) is 5.75 Å². The Kier molecular flexibility index (Phi) is 5.94. The molecule has 0 bridgehead atoms. The van der Waals surface area contributed by atoms with Crippen LogP contribution in [0, 0.1) is 18.8 Å². The maximum absolute atomic E-state index is 10.6. The molecule has 0 aromatic heterocycles. The summed E-state index contributed by atoms with van der Waals surface area (Å²) < 4.78 is 5.23. The highest BCUT2D eigenvalue weighted by Crippen LogP contribution is 2.23. The predicted octanol–water partition coefficient (Wildman–Crippen LogP) is 3.48. The van der Waals surface area contributed by atoms with Gasteiger partial charge in [-0.1, -0.05) is 29.5 Å². The van der Waals surface area contributed by atoms with Gasteiger partial charge in [0.15, 0.2) is 6.61 Å². The lowest BCUT2D eigenvalue weighted by Gasteiger charge is -2.06. The number of halogens is 1. The molecule has 0 atom stereocenters. The minimum atomic E-state index is -1.05. The fraction of sp³-hybridized carbons (Fsp3) is 0.118. The average molecular weight is 348 g/mol. The molecule has 0 aliphatic carbocycles. The van der Waals surface area contributed by atoms with Crippen molar-refractivity contribution < 1.29 is 14.6 Å². The summed E-state index contributed by atoms with van der Waals surface area (Å²) in [4.78, 5) is 11.6. The van der Waals surface area contributed by atoms with Gasteiger partial charge in [-0.15, -0.1) is 0 Å². The summed E-state index contributed by atoms with van der Waals surface area (Å²) in [5.74, 6) is 5.37. The second-order valence-electron chi connectivity index (χ2n) is 4.67. The maximum atomic E-state index is 10.6. The van der Waals surface area contributed by atoms with Gasteiger partial charge in [0.05, 0.1) is 5.56 Å². The lowest BCUT2D eigenvalue weighted by Crippen LogP contribution is -2.10. The average Bonchev–Trinajstić information content (AvgIpc) is 2.53. The highest BCUT2D eigenvalue weighted by atomic mass is 35.5. The Bertz CT molecular complexity index is 796. The minimum absolute atomic E-state index is 0.381. The van der Waals surface area contributed by atoms with Crippen LogP contribution in [-0.4, -0.2) is 17.7 Å². The zero-order chi connectivity index (χ0) is 16.8. The molecular weight excluding hydrogens is 334 g/mol. The highest BCUT2D eigenvalue weighted by Gasteiger charge is 2.05. The summed E-state index contributed by atoms with van der Waals surface area (Å²) in [5.41, 5.74) is 2.39. The molecule has 0 fully saturated rings. The van der Waals surface area contributed by atoms with E-state index in [1.54, 1.807) is 18.2 Å². The van der Waals surface area contributed by atoms with Crippen molar-refractivity contribution in [1.29, 1.82) is 0 Å². The first-order valence-electron chi connectivity index (χ1n) is 6.63. The van der Waals surface area contributed by atoms with Crippen molar-refractivity contribution in [3.8, 4) is 17.6 Å². The fourth-order valence-electron chi connectivity index (χ4n) is 1.81. The molecule has 0 saturated carbocycles. The molecule has 0 spiro atoms. The molecule has 0 aliphatic heterocycles. The molecule has 4 nitrogen and oxygen atoms in total. The number of nitrogens with two attached hydrogens (primary N) is 1. The van der Waals surface area contributed by atoms with Crippen LogP contribution >= 0.6 is 23.5 Å². The molecule has 118 valence electrons. The first-order chi connectivity index (χ1) is 11.0. The van der Waals surface area contributed by atoms with Crippen molar-refractivity contribution in [3.63, 3.8) is 0 Å². The molecule has 23 heavy (non-hydrogen) atoms. The van der Waals surface area contributed by atoms with Gasteiger partial charge in [-0.25, -0.2) is 4.79 Å². The van der Waals surface area contributed by atoms with Crippen molar-refractivity contribution in [1.82, 2.24) is 0 Å². The number of hydrogen-bond acceptors (Lipinski definition) is 4. The van der Waals surface area contributed by atoms with E-state index in [2.05, 4.69) is 11.8 Å². The van der Waals surface area contributed by atoms with E-state index in [1.807, 2.05) is 25.1 Å². The van der Waals surface area contributed by atoms with Crippen LogP contribution in [0.4, 0.5) is 0 Å². The third-order valence-electron chi connectivity index (χ3n) is 2.97. The van der Waals surface area contributed by atoms with Crippen molar-refractivity contribution in [2.24, 2.45) is 5.14 Å². The van der Waals surface area contributed by atoms with Crippen LogP contribution in [0.5, 0.6) is 5.75 Å². The first kappa shape index (κ1) is 17.2. The van der Waals surface area contributed by atoms with Crippen molar-refractivity contribution in [2.45, 2.75) is 11.8 Å². The van der Waals surface area contributed by atoms with Crippen LogP contribution in [0.3, 0.4) is 0 Å². The first-order valence-corrected chi connectivity index (χ1v) is 7.89. The maximum Gasteiger partial charge on any atom is 0.341 e. The molecule has 0 heterocycles. The van der Waals surface area contributed by atoms with E-state index >= 15 is 0 Å². The van der Waals surface area contributed by atoms with Crippen LogP contribution in [0.25, 0.3) is 0 Å². The molecule has 2 aromatic rings. The molecule has 0 aliphatic rings. The molecule has 0 radical (unpaired) electrons. The van der Waals surface area contributed by atoms with Crippen molar-refractivity contribution in [3.05, 3.63) is 58.1 Å². The van der Waals surface area contributed by atoms with Crippen LogP contribution in [0.15, 0.2) is 41.3 Å². The smallest absolute Gasteiger partial charge is 0.341 e. The van der Waals surface area contributed by atoms with Crippen LogP contribution < -0.4 is 9.88 Å². The van der Waals surface area contributed by atoms with Gasteiger partial charge in [0.2, 0.25) is 0 Å². The second kappa shape index (κ2) is 7.93. The number of carbonyl (C=O) groups is 1. The summed E-state index contributed by atoms with van der Waals surface area (Å²) in [6.45, 7) is 1.52. The fourth-order valence-corrected chi connectivity index (χ4v) is 2.31. The summed E-state index contributed by atoms with van der Waals surface area (Å²) in [7, 11) is 0. The van der Waals surface area contributed by atoms with Gasteiger partial charge in [-0.2, -0.15) is 0 Å². The summed E-state index contributed by atoms with van der Waals surface area (Å²) in [6.07, 6.45) is 0. The van der Waals surface area contributed by atoms with Gasteiger partial charge < -0.3 is 9.84 Å². The van der Waals surface area contributed by atoms with E-state index in [9.17, 15) is 4.79 Å². The number of carboxylic acid groups (broad SMARTS) is 1. The van der Waals surface area contributed by atoms with E-state index in [4.69, 9.17) is 26.6 Å². The standard InChI is InChI=1S/C17H14ClNO3S/c1-11-2-6-15(23-19)9-12(11)3-4-13-8-14(18)5-7-16(13)22-10-17(20)21/h2,5-9H,10,19H2,1H3,(H,20,21). The minimum Gasteiger partial charge on any atom is -0.481 e. The Morgan fingerprint density at radius 1 is 1.26 bits per heavy atom. The summed E-state index contributed by atoms with van der Waals surface area (Å²) in [5, 5.41) is 14.8. The second-order valence-corrected chi connectivity index (χ2v) is 5.81. The highest BCUT2D eigenvalue weighted by molar-refractivity contribution is 7.97. The molecule has 2 rings (SSSR count). The molecule has 0 amide bonds.